The molecular formula is C12H11FN2O. The first-order valence-electron chi connectivity index (χ1n) is 4.88. The van der Waals surface area contributed by atoms with E-state index < -0.39 is 5.82 Å². The first-order chi connectivity index (χ1) is 7.68. The number of aromatic amines is 1. The third-order valence-corrected chi connectivity index (χ3v) is 2.30. The van der Waals surface area contributed by atoms with Crippen molar-refractivity contribution in [3.63, 3.8) is 0 Å². The fraction of sp³-hybridized carbons (Fsp3) is 0.0833. The molecule has 0 atom stereocenters. The lowest BCUT2D eigenvalue weighted by Crippen LogP contribution is -2.12. The summed E-state index contributed by atoms with van der Waals surface area (Å²) in [5.41, 5.74) is 1.18. The number of halogens is 1. The lowest BCUT2D eigenvalue weighted by Gasteiger charge is -2.06. The summed E-state index contributed by atoms with van der Waals surface area (Å²) in [5.74, 6) is -0.725. The standard InChI is InChI=1S/C12H11FN2O/c1-8-3-2-4-10(11(8)13)15-12(16)9-5-6-14-7-9/h2-7,14H,1H3,(H,15,16). The van der Waals surface area contributed by atoms with E-state index in [1.54, 1.807) is 37.5 Å². The topological polar surface area (TPSA) is 44.9 Å². The van der Waals surface area contributed by atoms with Crippen LogP contribution in [-0.4, -0.2) is 10.9 Å². The second kappa shape index (κ2) is 4.18. The highest BCUT2D eigenvalue weighted by atomic mass is 19.1. The van der Waals surface area contributed by atoms with Crippen LogP contribution in [0.5, 0.6) is 0 Å². The number of H-pyrrole nitrogens is 1. The van der Waals surface area contributed by atoms with Crippen molar-refractivity contribution >= 4 is 11.6 Å². The molecule has 0 spiro atoms. The average Bonchev–Trinajstić information content (AvgIpc) is 2.78. The molecule has 2 N–H and O–H groups in total. The summed E-state index contributed by atoms with van der Waals surface area (Å²) in [6.45, 7) is 1.65. The second-order valence-corrected chi connectivity index (χ2v) is 3.49. The highest BCUT2D eigenvalue weighted by Gasteiger charge is 2.10. The summed E-state index contributed by atoms with van der Waals surface area (Å²) in [6.07, 6.45) is 3.20. The van der Waals surface area contributed by atoms with Gasteiger partial charge in [-0.2, -0.15) is 0 Å². The lowest BCUT2D eigenvalue weighted by atomic mass is 10.2. The Morgan fingerprint density at radius 3 is 2.88 bits per heavy atom. The van der Waals surface area contributed by atoms with E-state index in [0.29, 0.717) is 11.1 Å². The van der Waals surface area contributed by atoms with Crippen molar-refractivity contribution in [2.45, 2.75) is 6.92 Å². The van der Waals surface area contributed by atoms with Gasteiger partial charge in [0, 0.05) is 12.4 Å². The van der Waals surface area contributed by atoms with Crippen LogP contribution in [0, 0.1) is 12.7 Å². The first-order valence-corrected chi connectivity index (χ1v) is 4.88. The lowest BCUT2D eigenvalue weighted by molar-refractivity contribution is 0.102. The number of carbonyl (C=O) groups excluding carboxylic acids is 1. The highest BCUT2D eigenvalue weighted by molar-refractivity contribution is 6.04. The number of benzene rings is 1. The van der Waals surface area contributed by atoms with Gasteiger partial charge in [0.2, 0.25) is 0 Å². The predicted molar refractivity (Wildman–Crippen MR) is 59.9 cm³/mol. The summed E-state index contributed by atoms with van der Waals surface area (Å²) in [4.78, 5) is 14.4. The van der Waals surface area contributed by atoms with Gasteiger partial charge in [-0.15, -0.1) is 0 Å². The van der Waals surface area contributed by atoms with Crippen LogP contribution in [0.2, 0.25) is 0 Å². The van der Waals surface area contributed by atoms with Crippen molar-refractivity contribution in [2.24, 2.45) is 0 Å². The van der Waals surface area contributed by atoms with Crippen molar-refractivity contribution < 1.29 is 9.18 Å². The molecule has 4 heteroatoms. The zero-order valence-electron chi connectivity index (χ0n) is 8.75. The number of carbonyl (C=O) groups is 1. The fourth-order valence-electron chi connectivity index (χ4n) is 1.40. The quantitative estimate of drug-likeness (QED) is 0.799. The first kappa shape index (κ1) is 10.4. The van der Waals surface area contributed by atoms with Crippen LogP contribution in [0.25, 0.3) is 0 Å². The van der Waals surface area contributed by atoms with Gasteiger partial charge >= 0.3 is 0 Å². The molecule has 0 fully saturated rings. The molecule has 0 unspecified atom stereocenters. The molecule has 0 saturated heterocycles. The van der Waals surface area contributed by atoms with Crippen LogP contribution < -0.4 is 5.32 Å². The number of aromatic nitrogens is 1. The Labute approximate surface area is 92.3 Å². The van der Waals surface area contributed by atoms with Gasteiger partial charge < -0.3 is 10.3 Å². The van der Waals surface area contributed by atoms with Crippen LogP contribution >= 0.6 is 0 Å². The van der Waals surface area contributed by atoms with E-state index in [2.05, 4.69) is 10.3 Å². The molecule has 82 valence electrons. The minimum absolute atomic E-state index is 0.200. The van der Waals surface area contributed by atoms with Crippen molar-refractivity contribution in [3.05, 3.63) is 53.6 Å². The summed E-state index contributed by atoms with van der Waals surface area (Å²) < 4.78 is 13.6. The van der Waals surface area contributed by atoms with Gasteiger partial charge in [-0.1, -0.05) is 12.1 Å². The summed E-state index contributed by atoms with van der Waals surface area (Å²) in [6, 6.07) is 6.52. The molecule has 0 aliphatic rings. The van der Waals surface area contributed by atoms with Gasteiger partial charge in [-0.3, -0.25) is 4.79 Å². The van der Waals surface area contributed by atoms with Crippen LogP contribution in [0.15, 0.2) is 36.7 Å². The molecule has 0 radical (unpaired) electrons. The number of hydrogen-bond donors (Lipinski definition) is 2. The van der Waals surface area contributed by atoms with Crippen LogP contribution in [0.1, 0.15) is 15.9 Å². The van der Waals surface area contributed by atoms with E-state index in [9.17, 15) is 9.18 Å². The van der Waals surface area contributed by atoms with Crippen molar-refractivity contribution in [2.75, 3.05) is 5.32 Å². The zero-order valence-corrected chi connectivity index (χ0v) is 8.75. The van der Waals surface area contributed by atoms with Gasteiger partial charge in [0.1, 0.15) is 5.82 Å². The molecule has 16 heavy (non-hydrogen) atoms. The van der Waals surface area contributed by atoms with E-state index in [-0.39, 0.29) is 11.6 Å². The van der Waals surface area contributed by atoms with Crippen LogP contribution in [-0.2, 0) is 0 Å². The highest BCUT2D eigenvalue weighted by Crippen LogP contribution is 2.17. The SMILES string of the molecule is Cc1cccc(NC(=O)c2cc[nH]c2)c1F. The Balaban J connectivity index is 2.22. The number of amides is 1. The Kier molecular flexibility index (Phi) is 2.72. The zero-order chi connectivity index (χ0) is 11.5. The maximum Gasteiger partial charge on any atom is 0.257 e. The number of anilines is 1. The maximum absolute atomic E-state index is 13.6. The monoisotopic (exact) mass is 218 g/mol. The molecular weight excluding hydrogens is 207 g/mol. The Morgan fingerprint density at radius 2 is 2.19 bits per heavy atom. The summed E-state index contributed by atoms with van der Waals surface area (Å²) in [7, 11) is 0. The number of aryl methyl sites for hydroxylation is 1. The number of hydrogen-bond acceptors (Lipinski definition) is 1. The Morgan fingerprint density at radius 1 is 1.38 bits per heavy atom. The molecule has 1 amide bonds. The molecule has 1 aromatic carbocycles. The predicted octanol–water partition coefficient (Wildman–Crippen LogP) is 2.71. The summed E-state index contributed by atoms with van der Waals surface area (Å²) in [5, 5.41) is 2.52. The normalized spacial score (nSPS) is 10.1. The molecule has 0 aliphatic heterocycles. The molecule has 1 heterocycles. The molecule has 1 aromatic heterocycles. The number of rotatable bonds is 2. The molecule has 0 aliphatic carbocycles. The third-order valence-electron chi connectivity index (χ3n) is 2.30. The van der Waals surface area contributed by atoms with Crippen molar-refractivity contribution in [3.8, 4) is 0 Å². The fourth-order valence-corrected chi connectivity index (χ4v) is 1.40. The average molecular weight is 218 g/mol. The van der Waals surface area contributed by atoms with E-state index in [0.717, 1.165) is 0 Å². The summed E-state index contributed by atoms with van der Waals surface area (Å²) >= 11 is 0. The Bertz CT molecular complexity index is 506. The van der Waals surface area contributed by atoms with Crippen LogP contribution in [0.3, 0.4) is 0 Å². The van der Waals surface area contributed by atoms with Gasteiger partial charge in [0.25, 0.3) is 5.91 Å². The maximum atomic E-state index is 13.6. The Hall–Kier alpha value is -2.10. The minimum Gasteiger partial charge on any atom is -0.367 e. The second-order valence-electron chi connectivity index (χ2n) is 3.49. The van der Waals surface area contributed by atoms with Gasteiger partial charge in [-0.05, 0) is 24.6 Å². The molecule has 2 aromatic rings. The van der Waals surface area contributed by atoms with E-state index >= 15 is 0 Å². The van der Waals surface area contributed by atoms with Crippen molar-refractivity contribution in [1.29, 1.82) is 0 Å². The minimum atomic E-state index is -0.397. The van der Waals surface area contributed by atoms with E-state index in [1.807, 2.05) is 0 Å². The number of nitrogens with one attached hydrogen (secondary N) is 2. The molecule has 0 saturated carbocycles. The van der Waals surface area contributed by atoms with Crippen molar-refractivity contribution in [1.82, 2.24) is 4.98 Å². The molecule has 3 nitrogen and oxygen atoms in total. The van der Waals surface area contributed by atoms with Gasteiger partial charge in [0.15, 0.2) is 0 Å². The smallest absolute Gasteiger partial charge is 0.257 e. The van der Waals surface area contributed by atoms with E-state index in [1.165, 1.54) is 6.07 Å². The van der Waals surface area contributed by atoms with Gasteiger partial charge in [-0.25, -0.2) is 4.39 Å². The largest absolute Gasteiger partial charge is 0.367 e. The third kappa shape index (κ3) is 1.95. The van der Waals surface area contributed by atoms with Gasteiger partial charge in [0.05, 0.1) is 11.3 Å². The van der Waals surface area contributed by atoms with Crippen LogP contribution in [0.4, 0.5) is 10.1 Å². The molecule has 0 bridgehead atoms. The molecule has 2 rings (SSSR count). The van der Waals surface area contributed by atoms with E-state index in [4.69, 9.17) is 0 Å².